The van der Waals surface area contributed by atoms with E-state index in [4.69, 9.17) is 5.73 Å². The molecule has 0 saturated heterocycles. The lowest BCUT2D eigenvalue weighted by molar-refractivity contribution is 0.100. The van der Waals surface area contributed by atoms with E-state index in [2.05, 4.69) is 15.3 Å². The minimum atomic E-state index is -0.562. The van der Waals surface area contributed by atoms with Gasteiger partial charge in [-0.1, -0.05) is 0 Å². The minimum absolute atomic E-state index is 0.287. The van der Waals surface area contributed by atoms with Crippen LogP contribution in [0.25, 0.3) is 10.6 Å². The maximum absolute atomic E-state index is 12.3. The number of aryl methyl sites for hydroxylation is 1. The Morgan fingerprint density at radius 2 is 2.09 bits per heavy atom. The Morgan fingerprint density at radius 1 is 1.26 bits per heavy atom. The number of hydrogen-bond acceptors (Lipinski definition) is 6. The van der Waals surface area contributed by atoms with E-state index in [1.165, 1.54) is 22.7 Å². The van der Waals surface area contributed by atoms with Crippen LogP contribution in [0.3, 0.4) is 0 Å². The normalized spacial score (nSPS) is 10.5. The molecule has 3 aromatic heterocycles. The molecular formula is C15H12N4O2S2. The molecule has 6 nitrogen and oxygen atoms in total. The predicted molar refractivity (Wildman–Crippen MR) is 90.9 cm³/mol. The first-order valence-corrected chi connectivity index (χ1v) is 8.37. The Labute approximate surface area is 140 Å². The predicted octanol–water partition coefficient (Wildman–Crippen LogP) is 2.93. The fraction of sp³-hybridized carbons (Fsp3) is 0.0667. The van der Waals surface area contributed by atoms with Crippen LogP contribution in [0, 0.1) is 6.92 Å². The number of thiophene rings is 1. The summed E-state index contributed by atoms with van der Waals surface area (Å²) in [6, 6.07) is 3.69. The van der Waals surface area contributed by atoms with Gasteiger partial charge in [0.2, 0.25) is 0 Å². The van der Waals surface area contributed by atoms with Gasteiger partial charge in [-0.25, -0.2) is 4.98 Å². The average Bonchev–Trinajstić information content (AvgIpc) is 3.15. The molecule has 0 aliphatic carbocycles. The number of pyridine rings is 1. The molecule has 0 bridgehead atoms. The first-order chi connectivity index (χ1) is 11.1. The molecule has 0 atom stereocenters. The molecule has 8 heteroatoms. The lowest BCUT2D eigenvalue weighted by Gasteiger charge is -2.03. The third-order valence-corrected chi connectivity index (χ3v) is 5.00. The van der Waals surface area contributed by atoms with Gasteiger partial charge in [0.15, 0.2) is 0 Å². The summed E-state index contributed by atoms with van der Waals surface area (Å²) < 4.78 is 0. The Morgan fingerprint density at radius 3 is 2.78 bits per heavy atom. The largest absolute Gasteiger partial charge is 0.365 e. The molecule has 3 aromatic rings. The van der Waals surface area contributed by atoms with Crippen molar-refractivity contribution in [3.05, 3.63) is 52.1 Å². The van der Waals surface area contributed by atoms with E-state index >= 15 is 0 Å². The number of nitrogens with zero attached hydrogens (tertiary/aromatic N) is 2. The molecule has 0 radical (unpaired) electrons. The molecule has 23 heavy (non-hydrogen) atoms. The fourth-order valence-corrected chi connectivity index (χ4v) is 3.74. The van der Waals surface area contributed by atoms with Crippen molar-refractivity contribution in [1.82, 2.24) is 9.97 Å². The highest BCUT2D eigenvalue weighted by Gasteiger charge is 2.18. The molecule has 0 aliphatic rings. The van der Waals surface area contributed by atoms with Gasteiger partial charge in [-0.2, -0.15) is 0 Å². The lowest BCUT2D eigenvalue weighted by Crippen LogP contribution is -2.17. The maximum Gasteiger partial charge on any atom is 0.275 e. The van der Waals surface area contributed by atoms with Gasteiger partial charge in [-0.05, 0) is 30.0 Å². The number of carbonyl (C=O) groups excluding carboxylic acids is 2. The third kappa shape index (κ3) is 3.13. The summed E-state index contributed by atoms with van der Waals surface area (Å²) >= 11 is 2.62. The smallest absolute Gasteiger partial charge is 0.275 e. The zero-order chi connectivity index (χ0) is 16.4. The molecule has 0 aliphatic heterocycles. The topological polar surface area (TPSA) is 98.0 Å². The van der Waals surface area contributed by atoms with E-state index < -0.39 is 5.91 Å². The second-order valence-electron chi connectivity index (χ2n) is 4.72. The number of nitrogens with one attached hydrogen (secondary N) is 1. The number of carbonyl (C=O) groups is 2. The Hall–Kier alpha value is -2.58. The van der Waals surface area contributed by atoms with E-state index in [0.29, 0.717) is 15.6 Å². The monoisotopic (exact) mass is 344 g/mol. The van der Waals surface area contributed by atoms with Crippen molar-refractivity contribution >= 4 is 39.5 Å². The highest BCUT2D eigenvalue weighted by molar-refractivity contribution is 7.15. The van der Waals surface area contributed by atoms with Gasteiger partial charge in [-0.3, -0.25) is 14.6 Å². The second kappa shape index (κ2) is 6.27. The molecule has 0 spiro atoms. The molecule has 0 fully saturated rings. The van der Waals surface area contributed by atoms with Crippen LogP contribution in [0.4, 0.5) is 5.00 Å². The number of hydrogen-bond donors (Lipinski definition) is 2. The SMILES string of the molecule is Cc1csc(NC(=O)c2csc(-c3cccnc3)n2)c1C(N)=O. The van der Waals surface area contributed by atoms with Gasteiger partial charge in [0.05, 0.1) is 5.56 Å². The van der Waals surface area contributed by atoms with E-state index in [1.807, 2.05) is 12.1 Å². The van der Waals surface area contributed by atoms with E-state index in [1.54, 1.807) is 30.1 Å². The highest BCUT2D eigenvalue weighted by atomic mass is 32.1. The Balaban J connectivity index is 1.83. The van der Waals surface area contributed by atoms with Crippen LogP contribution in [0.15, 0.2) is 35.3 Å². The van der Waals surface area contributed by atoms with Gasteiger partial charge >= 0.3 is 0 Å². The van der Waals surface area contributed by atoms with Crippen LogP contribution in [0.2, 0.25) is 0 Å². The molecule has 3 N–H and O–H groups in total. The number of primary amides is 1. The van der Waals surface area contributed by atoms with Gasteiger partial charge in [0, 0.05) is 23.3 Å². The summed E-state index contributed by atoms with van der Waals surface area (Å²) in [6.07, 6.45) is 3.36. The van der Waals surface area contributed by atoms with Crippen molar-refractivity contribution in [2.75, 3.05) is 5.32 Å². The molecule has 3 rings (SSSR count). The van der Waals surface area contributed by atoms with Crippen LogP contribution in [0.1, 0.15) is 26.4 Å². The average molecular weight is 344 g/mol. The minimum Gasteiger partial charge on any atom is -0.365 e. The Bertz CT molecular complexity index is 871. The standard InChI is InChI=1S/C15H12N4O2S2/c1-8-6-22-15(11(8)12(16)20)19-13(21)10-7-23-14(18-10)9-3-2-4-17-5-9/h2-7H,1H3,(H2,16,20)(H,19,21). The molecule has 116 valence electrons. The summed E-state index contributed by atoms with van der Waals surface area (Å²) in [5, 5.41) is 7.30. The molecule has 0 aromatic carbocycles. The fourth-order valence-electron chi connectivity index (χ4n) is 2.01. The first-order valence-electron chi connectivity index (χ1n) is 6.61. The van der Waals surface area contributed by atoms with Crippen LogP contribution in [-0.4, -0.2) is 21.8 Å². The van der Waals surface area contributed by atoms with Crippen molar-refractivity contribution in [3.8, 4) is 10.6 Å². The zero-order valence-corrected chi connectivity index (χ0v) is 13.7. The molecule has 2 amide bonds. The summed E-state index contributed by atoms with van der Waals surface area (Å²) in [5.74, 6) is -0.936. The zero-order valence-electron chi connectivity index (χ0n) is 12.1. The third-order valence-electron chi connectivity index (χ3n) is 3.09. The number of nitrogens with two attached hydrogens (primary N) is 1. The van der Waals surface area contributed by atoms with Crippen molar-refractivity contribution in [2.45, 2.75) is 6.92 Å². The summed E-state index contributed by atoms with van der Waals surface area (Å²) in [7, 11) is 0. The molecule has 3 heterocycles. The van der Waals surface area contributed by atoms with Crippen LogP contribution < -0.4 is 11.1 Å². The number of anilines is 1. The van der Waals surface area contributed by atoms with E-state index in [0.717, 1.165) is 11.1 Å². The van der Waals surface area contributed by atoms with Gasteiger partial charge in [-0.15, -0.1) is 22.7 Å². The summed E-state index contributed by atoms with van der Waals surface area (Å²) in [6.45, 7) is 1.77. The highest BCUT2D eigenvalue weighted by Crippen LogP contribution is 2.28. The second-order valence-corrected chi connectivity index (χ2v) is 6.46. The number of thiazole rings is 1. The van der Waals surface area contributed by atoms with Crippen molar-refractivity contribution in [3.63, 3.8) is 0 Å². The van der Waals surface area contributed by atoms with Crippen LogP contribution in [0.5, 0.6) is 0 Å². The van der Waals surface area contributed by atoms with Crippen LogP contribution in [-0.2, 0) is 0 Å². The van der Waals surface area contributed by atoms with E-state index in [9.17, 15) is 9.59 Å². The summed E-state index contributed by atoms with van der Waals surface area (Å²) in [5.41, 5.74) is 7.57. The number of rotatable bonds is 4. The van der Waals surface area contributed by atoms with Gasteiger partial charge in [0.1, 0.15) is 15.7 Å². The van der Waals surface area contributed by atoms with Crippen molar-refractivity contribution < 1.29 is 9.59 Å². The molecule has 0 saturated carbocycles. The van der Waals surface area contributed by atoms with Crippen LogP contribution >= 0.6 is 22.7 Å². The molecule has 0 unspecified atom stereocenters. The number of aromatic nitrogens is 2. The number of amides is 2. The first kappa shape index (κ1) is 15.3. The molecular weight excluding hydrogens is 332 g/mol. The summed E-state index contributed by atoms with van der Waals surface area (Å²) in [4.78, 5) is 32.1. The van der Waals surface area contributed by atoms with Crippen molar-refractivity contribution in [2.24, 2.45) is 5.73 Å². The van der Waals surface area contributed by atoms with Gasteiger partial charge in [0.25, 0.3) is 11.8 Å². The quantitative estimate of drug-likeness (QED) is 0.760. The maximum atomic E-state index is 12.3. The Kier molecular flexibility index (Phi) is 4.18. The van der Waals surface area contributed by atoms with E-state index in [-0.39, 0.29) is 11.6 Å². The lowest BCUT2D eigenvalue weighted by atomic mass is 10.2. The van der Waals surface area contributed by atoms with Gasteiger partial charge < -0.3 is 11.1 Å². The van der Waals surface area contributed by atoms with Crippen molar-refractivity contribution in [1.29, 1.82) is 0 Å².